The van der Waals surface area contributed by atoms with Crippen molar-refractivity contribution in [2.75, 3.05) is 0 Å². The Morgan fingerprint density at radius 2 is 1.65 bits per heavy atom. The van der Waals surface area contributed by atoms with Crippen LogP contribution in [-0.4, -0.2) is 14.7 Å². The van der Waals surface area contributed by atoms with E-state index in [1.54, 1.807) is 5.19 Å². The van der Waals surface area contributed by atoms with E-state index in [1.807, 2.05) is 0 Å². The molecule has 1 heterocycles. The second kappa shape index (κ2) is 11.2. The van der Waals surface area contributed by atoms with Gasteiger partial charge in [0.15, 0.2) is 17.4 Å². The largest absolute Gasteiger partial charge is 0.429 e. The third kappa shape index (κ3) is 6.34. The molecule has 1 aliphatic rings. The predicted molar refractivity (Wildman–Crippen MR) is 120 cm³/mol. The van der Waals surface area contributed by atoms with Gasteiger partial charge in [0.05, 0.1) is 8.07 Å². The average Bonchev–Trinajstić information content (AvgIpc) is 2.76. The number of ether oxygens (including phenoxy) is 1. The lowest BCUT2D eigenvalue weighted by Crippen LogP contribution is -2.49. The molecule has 3 rings (SSSR count). The van der Waals surface area contributed by atoms with Crippen LogP contribution >= 0.6 is 0 Å². The molecule has 0 bridgehead atoms. The van der Waals surface area contributed by atoms with Crippen molar-refractivity contribution in [3.8, 4) is 5.75 Å². The fourth-order valence-electron chi connectivity index (χ4n) is 5.19. The van der Waals surface area contributed by atoms with Crippen LogP contribution in [0.5, 0.6) is 5.75 Å². The molecule has 0 atom stereocenters. The van der Waals surface area contributed by atoms with Crippen molar-refractivity contribution in [2.45, 2.75) is 76.6 Å². The van der Waals surface area contributed by atoms with E-state index in [-0.39, 0.29) is 0 Å². The summed E-state index contributed by atoms with van der Waals surface area (Å²) in [6.45, 7) is -0.951. The molecular formula is C25H32F4OSi. The minimum Gasteiger partial charge on any atom is -0.429 e. The van der Waals surface area contributed by atoms with Crippen LogP contribution in [0.2, 0.25) is 18.1 Å². The Morgan fingerprint density at radius 1 is 1.00 bits per heavy atom. The molecule has 0 radical (unpaired) electrons. The van der Waals surface area contributed by atoms with Crippen LogP contribution in [0.25, 0.3) is 0 Å². The lowest BCUT2D eigenvalue weighted by atomic mass is 9.94. The minimum atomic E-state index is -3.24. The van der Waals surface area contributed by atoms with Crippen LogP contribution in [0.1, 0.15) is 51.0 Å². The lowest BCUT2D eigenvalue weighted by Gasteiger charge is -2.39. The number of aryl methyl sites for hydroxylation is 1. The first-order valence-corrected chi connectivity index (χ1v) is 14.0. The summed E-state index contributed by atoms with van der Waals surface area (Å²) in [7, 11) is -1.38. The Hall–Kier alpha value is -1.82. The van der Waals surface area contributed by atoms with Crippen LogP contribution in [0, 0.1) is 17.6 Å². The van der Waals surface area contributed by atoms with Gasteiger partial charge in [-0.25, -0.2) is 8.78 Å². The van der Waals surface area contributed by atoms with Crippen molar-refractivity contribution in [1.82, 2.24) is 0 Å². The molecule has 1 fully saturated rings. The normalized spacial score (nSPS) is 21.4. The predicted octanol–water partition coefficient (Wildman–Crippen LogP) is 7.46. The Labute approximate surface area is 183 Å². The van der Waals surface area contributed by atoms with E-state index in [0.29, 0.717) is 12.0 Å². The van der Waals surface area contributed by atoms with Crippen molar-refractivity contribution < 1.29 is 22.3 Å². The zero-order valence-electron chi connectivity index (χ0n) is 18.2. The first-order chi connectivity index (χ1) is 14.9. The topological polar surface area (TPSA) is 9.23 Å². The van der Waals surface area contributed by atoms with Crippen molar-refractivity contribution >= 4 is 13.3 Å². The highest BCUT2D eigenvalue weighted by molar-refractivity contribution is 6.92. The van der Waals surface area contributed by atoms with E-state index < -0.39 is 32.1 Å². The van der Waals surface area contributed by atoms with E-state index in [2.05, 4.69) is 42.0 Å². The van der Waals surface area contributed by atoms with Crippen LogP contribution in [0.4, 0.5) is 17.6 Å². The minimum absolute atomic E-state index is 0.485. The molecule has 0 unspecified atom stereocenters. The second-order valence-electron chi connectivity index (χ2n) is 8.85. The number of hydrogen-bond donors (Lipinski definition) is 0. The third-order valence-electron chi connectivity index (χ3n) is 6.77. The molecule has 0 aliphatic carbocycles. The van der Waals surface area contributed by atoms with Crippen molar-refractivity contribution in [3.63, 3.8) is 0 Å². The molecule has 2 aromatic rings. The van der Waals surface area contributed by atoms with Gasteiger partial charge < -0.3 is 4.74 Å². The number of alkyl halides is 2. The number of halogens is 4. The van der Waals surface area contributed by atoms with Gasteiger partial charge in [-0.05, 0) is 36.5 Å². The smallest absolute Gasteiger partial charge is 0.387 e. The molecule has 0 saturated carbocycles. The molecule has 0 spiro atoms. The fraction of sp³-hybridized carbons (Fsp3) is 0.520. The standard InChI is InChI=1S/C25H32F4OSi/c1-2-14-31(21-10-4-3-5-11-21)15-12-19(13-16-31)8-6-7-9-20-17-22(26)24(23(27)18-20)30-25(28)29/h3-5,10-11,17-19,25H,2,6-9,12-16H2,1H3. The van der Waals surface area contributed by atoms with Gasteiger partial charge in [-0.3, -0.25) is 0 Å². The van der Waals surface area contributed by atoms with Gasteiger partial charge in [0, 0.05) is 0 Å². The first-order valence-electron chi connectivity index (χ1n) is 11.4. The van der Waals surface area contributed by atoms with Crippen LogP contribution in [0.3, 0.4) is 0 Å². The zero-order chi connectivity index (χ0) is 22.3. The van der Waals surface area contributed by atoms with Crippen LogP contribution in [-0.2, 0) is 6.42 Å². The molecule has 1 saturated heterocycles. The Bertz CT molecular complexity index is 797. The second-order valence-corrected chi connectivity index (χ2v) is 13.5. The lowest BCUT2D eigenvalue weighted by molar-refractivity contribution is -0.0546. The van der Waals surface area contributed by atoms with Gasteiger partial charge in [0.25, 0.3) is 0 Å². The van der Waals surface area contributed by atoms with Crippen molar-refractivity contribution in [3.05, 3.63) is 59.7 Å². The zero-order valence-corrected chi connectivity index (χ0v) is 19.2. The molecule has 31 heavy (non-hydrogen) atoms. The summed E-state index contributed by atoms with van der Waals surface area (Å²) < 4.78 is 56.1. The molecule has 0 aromatic heterocycles. The van der Waals surface area contributed by atoms with E-state index in [1.165, 1.54) is 37.4 Å². The van der Waals surface area contributed by atoms with Gasteiger partial charge in [0.1, 0.15) is 0 Å². The van der Waals surface area contributed by atoms with Gasteiger partial charge in [0.2, 0.25) is 0 Å². The van der Waals surface area contributed by atoms with Gasteiger partial charge in [-0.2, -0.15) is 8.78 Å². The molecule has 0 amide bonds. The Morgan fingerprint density at radius 3 is 2.23 bits per heavy atom. The summed E-state index contributed by atoms with van der Waals surface area (Å²) in [5.41, 5.74) is 0.485. The van der Waals surface area contributed by atoms with Crippen LogP contribution in [0.15, 0.2) is 42.5 Å². The van der Waals surface area contributed by atoms with E-state index in [9.17, 15) is 17.6 Å². The summed E-state index contributed by atoms with van der Waals surface area (Å²) in [6, 6.07) is 17.4. The molecule has 2 aromatic carbocycles. The average molecular weight is 453 g/mol. The van der Waals surface area contributed by atoms with Gasteiger partial charge in [-0.15, -0.1) is 0 Å². The first kappa shape index (κ1) is 23.8. The summed E-state index contributed by atoms with van der Waals surface area (Å²) >= 11 is 0. The van der Waals surface area contributed by atoms with E-state index >= 15 is 0 Å². The highest BCUT2D eigenvalue weighted by Gasteiger charge is 2.37. The summed E-state index contributed by atoms with van der Waals surface area (Å²) in [4.78, 5) is 0. The van der Waals surface area contributed by atoms with Gasteiger partial charge >= 0.3 is 6.61 Å². The molecule has 0 N–H and O–H groups in total. The number of rotatable bonds is 10. The number of unbranched alkanes of at least 4 members (excludes halogenated alkanes) is 1. The number of benzene rings is 2. The maximum atomic E-state index is 13.9. The molecule has 1 aliphatic heterocycles. The van der Waals surface area contributed by atoms with E-state index in [0.717, 1.165) is 37.3 Å². The quantitative estimate of drug-likeness (QED) is 0.207. The highest BCUT2D eigenvalue weighted by Crippen LogP contribution is 2.38. The molecule has 170 valence electrons. The maximum Gasteiger partial charge on any atom is 0.387 e. The summed E-state index contributed by atoms with van der Waals surface area (Å²) in [5, 5.41) is 1.61. The van der Waals surface area contributed by atoms with E-state index in [4.69, 9.17) is 0 Å². The van der Waals surface area contributed by atoms with Crippen LogP contribution < -0.4 is 9.92 Å². The third-order valence-corrected chi connectivity index (χ3v) is 12.3. The van der Waals surface area contributed by atoms with Gasteiger partial charge in [-0.1, -0.05) is 92.7 Å². The van der Waals surface area contributed by atoms with Crippen molar-refractivity contribution in [2.24, 2.45) is 5.92 Å². The highest BCUT2D eigenvalue weighted by atomic mass is 28.3. The SMILES string of the molecule is CCC[Si]1(c2ccccc2)CCC(CCCCc2cc(F)c(OC(F)F)c(F)c2)CC1. The summed E-state index contributed by atoms with van der Waals surface area (Å²) in [5.74, 6) is -2.41. The Kier molecular flexibility index (Phi) is 8.58. The monoisotopic (exact) mass is 452 g/mol. The molecular weight excluding hydrogens is 420 g/mol. The summed E-state index contributed by atoms with van der Waals surface area (Å²) in [6.07, 6.45) is 7.34. The number of hydrogen-bond acceptors (Lipinski definition) is 1. The Balaban J connectivity index is 1.46. The molecule has 6 heteroatoms. The fourth-order valence-corrected chi connectivity index (χ4v) is 10.6. The van der Waals surface area contributed by atoms with Crippen molar-refractivity contribution in [1.29, 1.82) is 0 Å². The maximum absolute atomic E-state index is 13.9. The molecule has 1 nitrogen and oxygen atoms in total.